The van der Waals surface area contributed by atoms with Gasteiger partial charge in [0.15, 0.2) is 0 Å². The van der Waals surface area contributed by atoms with Crippen molar-refractivity contribution in [1.82, 2.24) is 15.1 Å². The number of nitrogens with one attached hydrogen (secondary N) is 1. The molecule has 124 valence electrons. The van der Waals surface area contributed by atoms with Crippen molar-refractivity contribution in [2.75, 3.05) is 0 Å². The third-order valence-corrected chi connectivity index (χ3v) is 3.61. The molecule has 1 atom stereocenters. The molecule has 0 aliphatic rings. The molecule has 1 amide bonds. The summed E-state index contributed by atoms with van der Waals surface area (Å²) in [7, 11) is 0. The molecule has 2 aromatic heterocycles. The van der Waals surface area contributed by atoms with Gasteiger partial charge in [-0.1, -0.05) is 20.8 Å². The van der Waals surface area contributed by atoms with E-state index in [1.807, 2.05) is 46.8 Å². The minimum Gasteiger partial charge on any atom is -0.464 e. The van der Waals surface area contributed by atoms with Gasteiger partial charge in [0.1, 0.15) is 11.5 Å². The monoisotopic (exact) mass is 317 g/mol. The third-order valence-electron chi connectivity index (χ3n) is 3.61. The Balaban J connectivity index is 2.19. The van der Waals surface area contributed by atoms with Gasteiger partial charge in [-0.15, -0.1) is 0 Å². The lowest BCUT2D eigenvalue weighted by Crippen LogP contribution is -2.40. The molecule has 0 aliphatic heterocycles. The fourth-order valence-corrected chi connectivity index (χ4v) is 2.30. The molecule has 6 heteroatoms. The van der Waals surface area contributed by atoms with Gasteiger partial charge in [0, 0.05) is 12.7 Å². The van der Waals surface area contributed by atoms with Crippen LogP contribution in [0.2, 0.25) is 0 Å². The summed E-state index contributed by atoms with van der Waals surface area (Å²) >= 11 is 0. The quantitative estimate of drug-likeness (QED) is 0.679. The average molecular weight is 317 g/mol. The zero-order valence-corrected chi connectivity index (χ0v) is 14.2. The molecule has 23 heavy (non-hydrogen) atoms. The highest BCUT2D eigenvalue weighted by atomic mass is 16.3. The van der Waals surface area contributed by atoms with E-state index in [1.165, 1.54) is 6.20 Å². The van der Waals surface area contributed by atoms with Gasteiger partial charge in [-0.05, 0) is 31.4 Å². The van der Waals surface area contributed by atoms with Gasteiger partial charge in [-0.3, -0.25) is 14.3 Å². The highest BCUT2D eigenvalue weighted by molar-refractivity contribution is 6.42. The molecule has 2 heterocycles. The van der Waals surface area contributed by atoms with E-state index in [-0.39, 0.29) is 11.0 Å². The van der Waals surface area contributed by atoms with Crippen LogP contribution in [0.15, 0.2) is 28.9 Å². The van der Waals surface area contributed by atoms with E-state index < -0.39 is 17.7 Å². The molecule has 0 spiro atoms. The number of Topliss-reactive ketones (excluding diaryl/α,β-unsaturated/α-hetero) is 1. The van der Waals surface area contributed by atoms with Gasteiger partial charge in [0.05, 0.1) is 17.8 Å². The van der Waals surface area contributed by atoms with Crippen LogP contribution in [0, 0.1) is 12.3 Å². The zero-order valence-electron chi connectivity index (χ0n) is 14.2. The summed E-state index contributed by atoms with van der Waals surface area (Å²) in [6.07, 6.45) is 2.99. The lowest BCUT2D eigenvalue weighted by atomic mass is 9.85. The number of hydrogen-bond donors (Lipinski definition) is 1. The predicted octanol–water partition coefficient (Wildman–Crippen LogP) is 2.89. The van der Waals surface area contributed by atoms with Crippen LogP contribution in [0.25, 0.3) is 0 Å². The lowest BCUT2D eigenvalue weighted by molar-refractivity contribution is -0.118. The first-order valence-corrected chi connectivity index (χ1v) is 7.66. The minimum absolute atomic E-state index is 0.285. The first-order valence-electron chi connectivity index (χ1n) is 7.66. The Labute approximate surface area is 135 Å². The molecule has 0 saturated carbocycles. The molecule has 2 rings (SSSR count). The summed E-state index contributed by atoms with van der Waals surface area (Å²) in [6.45, 7) is 10.3. The summed E-state index contributed by atoms with van der Waals surface area (Å²) in [5.41, 5.74) is -0.0129. The van der Waals surface area contributed by atoms with Gasteiger partial charge < -0.3 is 9.73 Å². The van der Waals surface area contributed by atoms with Crippen LogP contribution in [0.5, 0.6) is 0 Å². The fourth-order valence-electron chi connectivity index (χ4n) is 2.30. The number of carbonyl (C=O) groups is 2. The molecule has 6 nitrogen and oxygen atoms in total. The normalized spacial score (nSPS) is 12.9. The Kier molecular flexibility index (Phi) is 4.73. The number of carbonyl (C=O) groups excluding carboxylic acids is 2. The first-order chi connectivity index (χ1) is 10.7. The van der Waals surface area contributed by atoms with Gasteiger partial charge in [0.25, 0.3) is 11.7 Å². The number of hydrogen-bond acceptors (Lipinski definition) is 4. The van der Waals surface area contributed by atoms with Crippen molar-refractivity contribution in [2.45, 2.75) is 47.2 Å². The maximum Gasteiger partial charge on any atom is 0.293 e. The van der Waals surface area contributed by atoms with Gasteiger partial charge in [-0.25, -0.2) is 0 Å². The van der Waals surface area contributed by atoms with E-state index in [0.717, 1.165) is 5.76 Å². The van der Waals surface area contributed by atoms with Crippen LogP contribution in [-0.4, -0.2) is 21.5 Å². The van der Waals surface area contributed by atoms with E-state index in [9.17, 15) is 9.59 Å². The Morgan fingerprint density at radius 1 is 1.35 bits per heavy atom. The second-order valence-corrected chi connectivity index (χ2v) is 6.63. The van der Waals surface area contributed by atoms with Gasteiger partial charge in [0.2, 0.25) is 0 Å². The lowest BCUT2D eigenvalue weighted by Gasteiger charge is -2.29. The standard InChI is InChI=1S/C17H23N3O3/c1-6-20-10-12(9-18-20)14(21)16(22)19-15(17(3,4)5)13-8-7-11(2)23-13/h7-10,15H,6H2,1-5H3,(H,19,22). The largest absolute Gasteiger partial charge is 0.464 e. The Hall–Kier alpha value is -2.37. The van der Waals surface area contributed by atoms with Crippen molar-refractivity contribution >= 4 is 11.7 Å². The van der Waals surface area contributed by atoms with E-state index in [0.29, 0.717) is 12.3 Å². The Bertz CT molecular complexity index is 707. The molecular weight excluding hydrogens is 294 g/mol. The number of furan rings is 1. The maximum absolute atomic E-state index is 12.3. The van der Waals surface area contributed by atoms with Crippen LogP contribution in [-0.2, 0) is 11.3 Å². The number of aryl methyl sites for hydroxylation is 2. The molecule has 2 aromatic rings. The van der Waals surface area contributed by atoms with Crippen LogP contribution in [0.4, 0.5) is 0 Å². The topological polar surface area (TPSA) is 77.1 Å². The molecule has 1 N–H and O–H groups in total. The van der Waals surface area contributed by atoms with Crippen LogP contribution < -0.4 is 5.32 Å². The van der Waals surface area contributed by atoms with Crippen molar-refractivity contribution < 1.29 is 14.0 Å². The van der Waals surface area contributed by atoms with Crippen molar-refractivity contribution in [1.29, 1.82) is 0 Å². The summed E-state index contributed by atoms with van der Waals surface area (Å²) in [6, 6.07) is 3.27. The van der Waals surface area contributed by atoms with E-state index >= 15 is 0 Å². The zero-order chi connectivity index (χ0) is 17.2. The summed E-state index contributed by atoms with van der Waals surface area (Å²) in [4.78, 5) is 24.6. The molecule has 0 aliphatic carbocycles. The second kappa shape index (κ2) is 6.40. The van der Waals surface area contributed by atoms with E-state index in [4.69, 9.17) is 4.42 Å². The van der Waals surface area contributed by atoms with Crippen LogP contribution >= 0.6 is 0 Å². The van der Waals surface area contributed by atoms with Crippen LogP contribution in [0.3, 0.4) is 0 Å². The van der Waals surface area contributed by atoms with Gasteiger partial charge in [-0.2, -0.15) is 5.10 Å². The number of ketones is 1. The summed E-state index contributed by atoms with van der Waals surface area (Å²) in [5.74, 6) is 0.149. The molecule has 0 bridgehead atoms. The van der Waals surface area contributed by atoms with Crippen molar-refractivity contribution in [3.05, 3.63) is 41.6 Å². The highest BCUT2D eigenvalue weighted by Gasteiger charge is 2.32. The van der Waals surface area contributed by atoms with Crippen molar-refractivity contribution in [3.8, 4) is 0 Å². The smallest absolute Gasteiger partial charge is 0.293 e. The first kappa shape index (κ1) is 17.0. The highest BCUT2D eigenvalue weighted by Crippen LogP contribution is 2.33. The number of amides is 1. The Morgan fingerprint density at radius 2 is 2.04 bits per heavy atom. The molecular formula is C17H23N3O3. The van der Waals surface area contributed by atoms with Crippen LogP contribution in [0.1, 0.15) is 55.6 Å². The second-order valence-electron chi connectivity index (χ2n) is 6.63. The van der Waals surface area contributed by atoms with E-state index in [1.54, 1.807) is 10.9 Å². The van der Waals surface area contributed by atoms with Gasteiger partial charge >= 0.3 is 0 Å². The minimum atomic E-state index is -0.658. The predicted molar refractivity (Wildman–Crippen MR) is 86.0 cm³/mol. The maximum atomic E-state index is 12.3. The third kappa shape index (κ3) is 3.88. The number of aromatic nitrogens is 2. The summed E-state index contributed by atoms with van der Waals surface area (Å²) in [5, 5.41) is 6.82. The van der Waals surface area contributed by atoms with Crippen molar-refractivity contribution in [3.63, 3.8) is 0 Å². The summed E-state index contributed by atoms with van der Waals surface area (Å²) < 4.78 is 7.25. The van der Waals surface area contributed by atoms with E-state index in [2.05, 4.69) is 10.4 Å². The molecule has 0 radical (unpaired) electrons. The number of nitrogens with zero attached hydrogens (tertiary/aromatic N) is 2. The fraction of sp³-hybridized carbons (Fsp3) is 0.471. The SMILES string of the molecule is CCn1cc(C(=O)C(=O)NC(c2ccc(C)o2)C(C)(C)C)cn1. The molecule has 0 aromatic carbocycles. The Morgan fingerprint density at radius 3 is 2.52 bits per heavy atom. The molecule has 0 saturated heterocycles. The number of rotatable bonds is 5. The molecule has 1 unspecified atom stereocenters. The van der Waals surface area contributed by atoms with Crippen molar-refractivity contribution in [2.24, 2.45) is 5.41 Å². The average Bonchev–Trinajstić information content (AvgIpc) is 3.11. The molecule has 0 fully saturated rings.